The molecular weight excluding hydrogens is 287 g/mol. The number of fused-ring (bicyclic) bond motifs is 1. The lowest BCUT2D eigenvalue weighted by Crippen LogP contribution is -2.41. The van der Waals surface area contributed by atoms with E-state index >= 15 is 0 Å². The zero-order chi connectivity index (χ0) is 15.7. The van der Waals surface area contributed by atoms with E-state index < -0.39 is 8.32 Å². The first-order valence-electron chi connectivity index (χ1n) is 7.07. The summed E-state index contributed by atoms with van der Waals surface area (Å²) in [6, 6.07) is 1.65. The smallest absolute Gasteiger partial charge is 0.192 e. The van der Waals surface area contributed by atoms with Crippen molar-refractivity contribution in [3.8, 4) is 0 Å². The van der Waals surface area contributed by atoms with Crippen LogP contribution >= 0.6 is 0 Å². The molecule has 0 atom stereocenters. The number of hydrogen-bond acceptors (Lipinski definition) is 4. The van der Waals surface area contributed by atoms with Gasteiger partial charge in [0.1, 0.15) is 6.33 Å². The molecule has 0 saturated heterocycles. The van der Waals surface area contributed by atoms with E-state index in [9.17, 15) is 4.39 Å². The van der Waals surface area contributed by atoms with Crippen molar-refractivity contribution in [3.05, 3.63) is 24.4 Å². The molecule has 116 valence electrons. The highest BCUT2D eigenvalue weighted by atomic mass is 28.4. The van der Waals surface area contributed by atoms with Crippen LogP contribution in [0.15, 0.2) is 18.6 Å². The van der Waals surface area contributed by atoms with Gasteiger partial charge in [-0.2, -0.15) is 0 Å². The van der Waals surface area contributed by atoms with Crippen LogP contribution < -0.4 is 5.32 Å². The van der Waals surface area contributed by atoms with Gasteiger partial charge in [0.25, 0.3) is 0 Å². The Bertz CT molecular complexity index is 621. The Balaban J connectivity index is 1.92. The molecule has 0 aliphatic rings. The fourth-order valence-corrected chi connectivity index (χ4v) is 2.73. The minimum atomic E-state index is -1.75. The molecule has 2 heterocycles. The molecule has 2 rings (SSSR count). The van der Waals surface area contributed by atoms with E-state index in [1.54, 1.807) is 10.5 Å². The summed E-state index contributed by atoms with van der Waals surface area (Å²) >= 11 is 0. The summed E-state index contributed by atoms with van der Waals surface area (Å²) in [5, 5.41) is 10.9. The first kappa shape index (κ1) is 15.9. The number of nitrogens with one attached hydrogen (secondary N) is 1. The van der Waals surface area contributed by atoms with Gasteiger partial charge in [-0.3, -0.25) is 4.40 Å². The van der Waals surface area contributed by atoms with Gasteiger partial charge in [0.2, 0.25) is 0 Å². The highest BCUT2D eigenvalue weighted by molar-refractivity contribution is 6.74. The first-order valence-corrected chi connectivity index (χ1v) is 9.98. The van der Waals surface area contributed by atoms with Gasteiger partial charge >= 0.3 is 0 Å². The van der Waals surface area contributed by atoms with Crippen LogP contribution in [0.25, 0.3) is 5.65 Å². The van der Waals surface area contributed by atoms with Crippen LogP contribution in [0.4, 0.5) is 10.1 Å². The van der Waals surface area contributed by atoms with E-state index in [1.165, 1.54) is 12.5 Å². The molecule has 0 aliphatic heterocycles. The Morgan fingerprint density at radius 2 is 2.10 bits per heavy atom. The lowest BCUT2D eigenvalue weighted by molar-refractivity contribution is 0.301. The predicted molar refractivity (Wildman–Crippen MR) is 84.6 cm³/mol. The van der Waals surface area contributed by atoms with Crippen molar-refractivity contribution in [2.75, 3.05) is 18.5 Å². The predicted octanol–water partition coefficient (Wildman–Crippen LogP) is 3.30. The standard InChI is InChI=1S/C14H23FN4OSi/c1-14(2,3)21(4,5)20-7-6-16-12-8-13-18-17-10-19(13)9-11(12)15/h8-10,16H,6-7H2,1-5H3. The Morgan fingerprint density at radius 1 is 1.38 bits per heavy atom. The number of halogens is 1. The molecule has 1 N–H and O–H groups in total. The molecule has 0 aliphatic carbocycles. The van der Waals surface area contributed by atoms with Crippen molar-refractivity contribution in [2.45, 2.75) is 38.9 Å². The van der Waals surface area contributed by atoms with Crippen molar-refractivity contribution in [1.82, 2.24) is 14.6 Å². The summed E-state index contributed by atoms with van der Waals surface area (Å²) in [5.41, 5.74) is 1.04. The summed E-state index contributed by atoms with van der Waals surface area (Å²) in [7, 11) is -1.75. The van der Waals surface area contributed by atoms with Gasteiger partial charge in [-0.15, -0.1) is 10.2 Å². The zero-order valence-corrected chi connectivity index (χ0v) is 14.3. The van der Waals surface area contributed by atoms with Gasteiger partial charge in [0.05, 0.1) is 12.3 Å². The molecule has 7 heteroatoms. The number of rotatable bonds is 5. The fourth-order valence-electron chi connectivity index (χ4n) is 1.69. The summed E-state index contributed by atoms with van der Waals surface area (Å²) in [6.07, 6.45) is 2.84. The maximum absolute atomic E-state index is 13.9. The molecule has 0 unspecified atom stereocenters. The SMILES string of the molecule is CC(C)(C)[Si](C)(C)OCCNc1cc2nncn2cc1F. The van der Waals surface area contributed by atoms with E-state index in [0.717, 1.165) is 0 Å². The number of nitrogens with zero attached hydrogens (tertiary/aromatic N) is 3. The van der Waals surface area contributed by atoms with Crippen molar-refractivity contribution >= 4 is 19.7 Å². The van der Waals surface area contributed by atoms with E-state index in [1.807, 2.05) is 0 Å². The Morgan fingerprint density at radius 3 is 2.76 bits per heavy atom. The zero-order valence-electron chi connectivity index (χ0n) is 13.3. The fraction of sp³-hybridized carbons (Fsp3) is 0.571. The van der Waals surface area contributed by atoms with Crippen LogP contribution in [0.2, 0.25) is 18.1 Å². The Labute approximate surface area is 125 Å². The maximum atomic E-state index is 13.9. The normalized spacial score (nSPS) is 12.9. The van der Waals surface area contributed by atoms with Gasteiger partial charge < -0.3 is 9.74 Å². The third-order valence-corrected chi connectivity index (χ3v) is 8.61. The molecule has 0 bridgehead atoms. The van der Waals surface area contributed by atoms with Crippen LogP contribution in [0.1, 0.15) is 20.8 Å². The van der Waals surface area contributed by atoms with Crippen LogP contribution in [-0.4, -0.2) is 36.1 Å². The summed E-state index contributed by atoms with van der Waals surface area (Å²) < 4.78 is 21.5. The molecule has 2 aromatic heterocycles. The van der Waals surface area contributed by atoms with Crippen LogP contribution in [0.5, 0.6) is 0 Å². The minimum absolute atomic E-state index is 0.179. The van der Waals surface area contributed by atoms with Crippen LogP contribution in [-0.2, 0) is 4.43 Å². The van der Waals surface area contributed by atoms with Crippen LogP contribution in [0, 0.1) is 5.82 Å². The first-order chi connectivity index (χ1) is 9.71. The minimum Gasteiger partial charge on any atom is -0.415 e. The third kappa shape index (κ3) is 3.59. The average molecular weight is 310 g/mol. The lowest BCUT2D eigenvalue weighted by Gasteiger charge is -2.36. The van der Waals surface area contributed by atoms with E-state index in [4.69, 9.17) is 4.43 Å². The average Bonchev–Trinajstić information content (AvgIpc) is 2.80. The lowest BCUT2D eigenvalue weighted by atomic mass is 10.2. The molecule has 0 spiro atoms. The molecule has 5 nitrogen and oxygen atoms in total. The van der Waals surface area contributed by atoms with Crippen molar-refractivity contribution in [3.63, 3.8) is 0 Å². The molecule has 0 aromatic carbocycles. The molecule has 0 saturated carbocycles. The molecule has 2 aromatic rings. The summed E-state index contributed by atoms with van der Waals surface area (Å²) in [6.45, 7) is 12.1. The van der Waals surface area contributed by atoms with Crippen molar-refractivity contribution in [2.24, 2.45) is 0 Å². The Kier molecular flexibility index (Phi) is 4.34. The molecular formula is C14H23FN4OSi. The molecule has 0 fully saturated rings. The maximum Gasteiger partial charge on any atom is 0.192 e. The monoisotopic (exact) mass is 310 g/mol. The highest BCUT2D eigenvalue weighted by Crippen LogP contribution is 2.36. The van der Waals surface area contributed by atoms with Crippen molar-refractivity contribution < 1.29 is 8.82 Å². The second-order valence-electron chi connectivity index (χ2n) is 6.67. The summed E-state index contributed by atoms with van der Waals surface area (Å²) in [4.78, 5) is 0. The van der Waals surface area contributed by atoms with Crippen molar-refractivity contribution in [1.29, 1.82) is 0 Å². The largest absolute Gasteiger partial charge is 0.415 e. The van der Waals surface area contributed by atoms with E-state index in [-0.39, 0.29) is 10.9 Å². The van der Waals surface area contributed by atoms with Gasteiger partial charge in [-0.05, 0) is 18.1 Å². The van der Waals surface area contributed by atoms with E-state index in [2.05, 4.69) is 49.4 Å². The summed E-state index contributed by atoms with van der Waals surface area (Å²) in [5.74, 6) is -0.324. The topological polar surface area (TPSA) is 51.5 Å². The van der Waals surface area contributed by atoms with Gasteiger partial charge in [0.15, 0.2) is 19.8 Å². The quantitative estimate of drug-likeness (QED) is 0.680. The van der Waals surface area contributed by atoms with Crippen LogP contribution in [0.3, 0.4) is 0 Å². The molecule has 0 amide bonds. The second kappa shape index (κ2) is 5.73. The van der Waals surface area contributed by atoms with Gasteiger partial charge in [-0.1, -0.05) is 20.8 Å². The number of anilines is 1. The number of aromatic nitrogens is 3. The molecule has 0 radical (unpaired) electrons. The van der Waals surface area contributed by atoms with Gasteiger partial charge in [-0.25, -0.2) is 4.39 Å². The molecule has 21 heavy (non-hydrogen) atoms. The number of hydrogen-bond donors (Lipinski definition) is 1. The Hall–Kier alpha value is -1.47. The highest BCUT2D eigenvalue weighted by Gasteiger charge is 2.36. The third-order valence-electron chi connectivity index (χ3n) is 4.07. The van der Waals surface area contributed by atoms with Gasteiger partial charge in [0, 0.05) is 18.8 Å². The number of pyridine rings is 1. The van der Waals surface area contributed by atoms with E-state index in [0.29, 0.717) is 24.5 Å². The second-order valence-corrected chi connectivity index (χ2v) is 11.5.